The Hall–Kier alpha value is -2.41. The molecule has 2 heterocycles. The number of aromatic nitrogens is 1. The van der Waals surface area contributed by atoms with Crippen LogP contribution in [0, 0.1) is 0 Å². The monoisotopic (exact) mass is 291 g/mol. The Morgan fingerprint density at radius 2 is 2.05 bits per heavy atom. The molecule has 0 fully saturated rings. The minimum atomic E-state index is -1.03. The van der Waals surface area contributed by atoms with E-state index >= 15 is 0 Å². The molecule has 20 heavy (non-hydrogen) atoms. The molecule has 0 saturated heterocycles. The molecule has 0 aliphatic heterocycles. The lowest BCUT2D eigenvalue weighted by atomic mass is 10.4. The normalized spacial score (nSPS) is 10.1. The van der Waals surface area contributed by atoms with E-state index in [0.717, 1.165) is 11.3 Å². The molecule has 0 spiro atoms. The number of hydrogen-bond acceptors (Lipinski definition) is 5. The topological polar surface area (TPSA) is 82.5 Å². The number of nitrogens with zero attached hydrogens (tertiary/aromatic N) is 2. The van der Waals surface area contributed by atoms with Crippen molar-refractivity contribution in [3.05, 3.63) is 46.3 Å². The van der Waals surface area contributed by atoms with E-state index in [0.29, 0.717) is 17.2 Å². The third-order valence-corrected chi connectivity index (χ3v) is 3.56. The first-order chi connectivity index (χ1) is 9.61. The van der Waals surface area contributed by atoms with Gasteiger partial charge in [-0.2, -0.15) is 0 Å². The van der Waals surface area contributed by atoms with Gasteiger partial charge in [0.15, 0.2) is 0 Å². The molecule has 0 saturated carbocycles. The van der Waals surface area contributed by atoms with E-state index in [1.807, 2.05) is 6.92 Å². The summed E-state index contributed by atoms with van der Waals surface area (Å²) in [6.45, 7) is 2.25. The summed E-state index contributed by atoms with van der Waals surface area (Å²) in [5.41, 5.74) is 2.90. The second-order valence-electron chi connectivity index (χ2n) is 3.85. The summed E-state index contributed by atoms with van der Waals surface area (Å²) in [5, 5.41) is 10.3. The number of hydrazine groups is 1. The van der Waals surface area contributed by atoms with Crippen LogP contribution in [0.15, 0.2) is 36.5 Å². The summed E-state index contributed by atoms with van der Waals surface area (Å²) in [6, 6.07) is 8.27. The maximum Gasteiger partial charge on any atom is 0.345 e. The molecule has 2 aromatic rings. The van der Waals surface area contributed by atoms with Crippen molar-refractivity contribution >= 4 is 29.0 Å². The number of anilines is 1. The number of carboxylic acid groups (broad SMARTS) is 1. The van der Waals surface area contributed by atoms with Crippen molar-refractivity contribution in [3.63, 3.8) is 0 Å². The van der Waals surface area contributed by atoms with Crippen molar-refractivity contribution in [1.82, 2.24) is 9.99 Å². The van der Waals surface area contributed by atoms with E-state index in [4.69, 9.17) is 5.11 Å². The van der Waals surface area contributed by atoms with Crippen LogP contribution in [0.2, 0.25) is 0 Å². The molecule has 0 aliphatic rings. The number of pyridine rings is 1. The highest BCUT2D eigenvalue weighted by Gasteiger charge is 2.18. The Morgan fingerprint density at radius 3 is 2.60 bits per heavy atom. The number of rotatable bonds is 5. The van der Waals surface area contributed by atoms with Crippen molar-refractivity contribution in [2.24, 2.45) is 0 Å². The van der Waals surface area contributed by atoms with E-state index in [1.165, 1.54) is 17.1 Å². The zero-order valence-corrected chi connectivity index (χ0v) is 11.6. The largest absolute Gasteiger partial charge is 0.477 e. The Balaban J connectivity index is 2.14. The van der Waals surface area contributed by atoms with Crippen LogP contribution < -0.4 is 5.43 Å². The van der Waals surface area contributed by atoms with Gasteiger partial charge in [0, 0.05) is 12.7 Å². The second-order valence-corrected chi connectivity index (χ2v) is 4.93. The zero-order chi connectivity index (χ0) is 14.5. The Labute approximate surface area is 119 Å². The molecule has 0 aromatic carbocycles. The van der Waals surface area contributed by atoms with Gasteiger partial charge in [-0.3, -0.25) is 15.2 Å². The van der Waals surface area contributed by atoms with E-state index < -0.39 is 5.97 Å². The lowest BCUT2D eigenvalue weighted by molar-refractivity contribution is 0.0701. The average Bonchev–Trinajstić information content (AvgIpc) is 2.95. The molecule has 0 bridgehead atoms. The second kappa shape index (κ2) is 6.16. The summed E-state index contributed by atoms with van der Waals surface area (Å²) >= 11 is 0.952. The van der Waals surface area contributed by atoms with Crippen LogP contribution in [-0.4, -0.2) is 33.5 Å². The average molecular weight is 291 g/mol. The zero-order valence-electron chi connectivity index (χ0n) is 10.7. The van der Waals surface area contributed by atoms with Gasteiger partial charge in [-0.1, -0.05) is 6.07 Å². The molecule has 2 N–H and O–H groups in total. The third kappa shape index (κ3) is 3.12. The van der Waals surface area contributed by atoms with Gasteiger partial charge in [0.05, 0.1) is 4.88 Å². The summed E-state index contributed by atoms with van der Waals surface area (Å²) in [7, 11) is 0. The molecule has 7 heteroatoms. The molecule has 6 nitrogen and oxygen atoms in total. The predicted molar refractivity (Wildman–Crippen MR) is 75.8 cm³/mol. The molecule has 2 aromatic heterocycles. The summed E-state index contributed by atoms with van der Waals surface area (Å²) in [4.78, 5) is 27.7. The van der Waals surface area contributed by atoms with Crippen LogP contribution in [0.4, 0.5) is 5.82 Å². The van der Waals surface area contributed by atoms with Gasteiger partial charge in [-0.25, -0.2) is 9.78 Å². The van der Waals surface area contributed by atoms with Gasteiger partial charge < -0.3 is 5.11 Å². The molecular weight excluding hydrogens is 278 g/mol. The number of thiophene rings is 1. The number of carbonyl (C=O) groups is 2. The van der Waals surface area contributed by atoms with Gasteiger partial charge in [-0.15, -0.1) is 11.3 Å². The molecule has 0 aliphatic carbocycles. The third-order valence-electron chi connectivity index (χ3n) is 2.50. The number of amides is 1. The van der Waals surface area contributed by atoms with Gasteiger partial charge in [0.1, 0.15) is 10.7 Å². The van der Waals surface area contributed by atoms with Crippen molar-refractivity contribution < 1.29 is 14.7 Å². The van der Waals surface area contributed by atoms with Gasteiger partial charge in [0.2, 0.25) is 0 Å². The molecular formula is C13H13N3O3S. The fraction of sp³-hybridized carbons (Fsp3) is 0.154. The van der Waals surface area contributed by atoms with Crippen LogP contribution in [0.3, 0.4) is 0 Å². The minimum Gasteiger partial charge on any atom is -0.477 e. The maximum atomic E-state index is 12.3. The minimum absolute atomic E-state index is 0.141. The van der Waals surface area contributed by atoms with Gasteiger partial charge in [-0.05, 0) is 31.2 Å². The van der Waals surface area contributed by atoms with Crippen LogP contribution >= 0.6 is 11.3 Å². The number of nitrogens with one attached hydrogen (secondary N) is 1. The first-order valence-electron chi connectivity index (χ1n) is 5.94. The molecule has 0 unspecified atom stereocenters. The van der Waals surface area contributed by atoms with Crippen molar-refractivity contribution in [2.75, 3.05) is 12.0 Å². The van der Waals surface area contributed by atoms with Crippen molar-refractivity contribution in [3.8, 4) is 0 Å². The number of carbonyl (C=O) groups excluding carboxylic acids is 1. The van der Waals surface area contributed by atoms with Gasteiger partial charge >= 0.3 is 5.97 Å². The lowest BCUT2D eigenvalue weighted by Gasteiger charge is -2.21. The van der Waals surface area contributed by atoms with E-state index in [-0.39, 0.29) is 10.8 Å². The first-order valence-corrected chi connectivity index (χ1v) is 6.76. The van der Waals surface area contributed by atoms with Gasteiger partial charge in [0.25, 0.3) is 5.91 Å². The highest BCUT2D eigenvalue weighted by atomic mass is 32.1. The van der Waals surface area contributed by atoms with Crippen molar-refractivity contribution in [2.45, 2.75) is 6.92 Å². The highest BCUT2D eigenvalue weighted by molar-refractivity contribution is 7.15. The molecule has 2 rings (SSSR count). The quantitative estimate of drug-likeness (QED) is 0.826. The molecule has 0 atom stereocenters. The predicted octanol–water partition coefficient (Wildman–Crippen LogP) is 2.33. The Bertz CT molecular complexity index is 612. The maximum absolute atomic E-state index is 12.3. The van der Waals surface area contributed by atoms with Crippen LogP contribution in [-0.2, 0) is 0 Å². The summed E-state index contributed by atoms with van der Waals surface area (Å²) < 4.78 is 0. The standard InChI is InChI=1S/C13H13N3O3S/c1-2-16(15-11-5-3-4-8-14-11)12(17)9-6-7-10(20-9)13(18)19/h3-8H,2H2,1H3,(H,14,15)(H,18,19). The number of carboxylic acids is 1. The lowest BCUT2D eigenvalue weighted by Crippen LogP contribution is -2.35. The molecule has 1 amide bonds. The number of aromatic carboxylic acids is 1. The fourth-order valence-corrected chi connectivity index (χ4v) is 2.34. The number of hydrogen-bond donors (Lipinski definition) is 2. The van der Waals surface area contributed by atoms with E-state index in [9.17, 15) is 9.59 Å². The Morgan fingerprint density at radius 1 is 1.30 bits per heavy atom. The first kappa shape index (κ1) is 14.0. The summed E-state index contributed by atoms with van der Waals surface area (Å²) in [5.74, 6) is -0.761. The molecule has 104 valence electrons. The van der Waals surface area contributed by atoms with E-state index in [1.54, 1.807) is 24.4 Å². The van der Waals surface area contributed by atoms with E-state index in [2.05, 4.69) is 10.4 Å². The van der Waals surface area contributed by atoms with Crippen LogP contribution in [0.25, 0.3) is 0 Å². The summed E-state index contributed by atoms with van der Waals surface area (Å²) in [6.07, 6.45) is 1.62. The fourth-order valence-electron chi connectivity index (χ4n) is 1.54. The van der Waals surface area contributed by atoms with Crippen LogP contribution in [0.1, 0.15) is 26.3 Å². The molecule has 0 radical (unpaired) electrons. The highest BCUT2D eigenvalue weighted by Crippen LogP contribution is 2.18. The smallest absolute Gasteiger partial charge is 0.345 e. The van der Waals surface area contributed by atoms with Crippen LogP contribution in [0.5, 0.6) is 0 Å². The SMILES string of the molecule is CCN(Nc1ccccn1)C(=O)c1ccc(C(=O)O)s1. The van der Waals surface area contributed by atoms with Crippen molar-refractivity contribution in [1.29, 1.82) is 0 Å². The Kier molecular flexibility index (Phi) is 4.31.